The highest BCUT2D eigenvalue weighted by Crippen LogP contribution is 2.29. The van der Waals surface area contributed by atoms with Gasteiger partial charge in [0.05, 0.1) is 11.3 Å². The smallest absolute Gasteiger partial charge is 0.267 e. The van der Waals surface area contributed by atoms with Gasteiger partial charge in [-0.2, -0.15) is 18.3 Å². The van der Waals surface area contributed by atoms with Crippen LogP contribution < -0.4 is 5.43 Å². The summed E-state index contributed by atoms with van der Waals surface area (Å²) in [4.78, 5) is 12.4. The van der Waals surface area contributed by atoms with Crippen LogP contribution in [-0.2, 0) is 6.18 Å². The SMILES string of the molecule is Cc1ccc(/C(=N/NC(=O)c2ccc(C(F)(F)F)cc2)c2ccccc2)c(C)c1. The zero-order valence-electron chi connectivity index (χ0n) is 15.9. The average molecular weight is 396 g/mol. The highest BCUT2D eigenvalue weighted by Gasteiger charge is 2.30. The lowest BCUT2D eigenvalue weighted by molar-refractivity contribution is -0.137. The Bertz CT molecular complexity index is 1040. The van der Waals surface area contributed by atoms with Gasteiger partial charge in [0.25, 0.3) is 5.91 Å². The van der Waals surface area contributed by atoms with E-state index in [2.05, 4.69) is 10.5 Å². The Morgan fingerprint density at radius 2 is 1.52 bits per heavy atom. The van der Waals surface area contributed by atoms with Gasteiger partial charge in [-0.25, -0.2) is 5.43 Å². The predicted molar refractivity (Wildman–Crippen MR) is 107 cm³/mol. The van der Waals surface area contributed by atoms with E-state index in [4.69, 9.17) is 0 Å². The van der Waals surface area contributed by atoms with E-state index in [1.165, 1.54) is 0 Å². The first-order valence-electron chi connectivity index (χ1n) is 8.94. The van der Waals surface area contributed by atoms with E-state index < -0.39 is 17.6 Å². The first-order chi connectivity index (χ1) is 13.8. The fourth-order valence-electron chi connectivity index (χ4n) is 2.94. The molecule has 0 aliphatic rings. The first kappa shape index (κ1) is 20.3. The molecule has 0 bridgehead atoms. The van der Waals surface area contributed by atoms with Crippen LogP contribution in [0.1, 0.15) is 38.2 Å². The van der Waals surface area contributed by atoms with Crippen molar-refractivity contribution < 1.29 is 18.0 Å². The van der Waals surface area contributed by atoms with Gasteiger partial charge < -0.3 is 0 Å². The minimum atomic E-state index is -4.45. The summed E-state index contributed by atoms with van der Waals surface area (Å²) < 4.78 is 38.1. The summed E-state index contributed by atoms with van der Waals surface area (Å²) in [6, 6.07) is 19.3. The maximum absolute atomic E-state index is 12.7. The van der Waals surface area contributed by atoms with Crippen LogP contribution in [0.15, 0.2) is 77.9 Å². The fourth-order valence-corrected chi connectivity index (χ4v) is 2.94. The normalized spacial score (nSPS) is 12.0. The molecule has 0 aliphatic carbocycles. The molecule has 0 saturated carbocycles. The molecule has 148 valence electrons. The van der Waals surface area contributed by atoms with Crippen molar-refractivity contribution in [3.05, 3.63) is 106 Å². The Balaban J connectivity index is 1.91. The van der Waals surface area contributed by atoms with Gasteiger partial charge in [-0.3, -0.25) is 4.79 Å². The Labute approximate surface area is 166 Å². The molecule has 0 radical (unpaired) electrons. The van der Waals surface area contributed by atoms with Crippen molar-refractivity contribution in [2.75, 3.05) is 0 Å². The molecular formula is C23H19F3N2O. The largest absolute Gasteiger partial charge is 0.416 e. The van der Waals surface area contributed by atoms with Gasteiger partial charge in [0.15, 0.2) is 0 Å². The molecule has 0 spiro atoms. The van der Waals surface area contributed by atoms with Crippen molar-refractivity contribution in [2.24, 2.45) is 5.10 Å². The van der Waals surface area contributed by atoms with E-state index in [1.807, 2.05) is 62.4 Å². The molecule has 0 atom stereocenters. The number of carbonyl (C=O) groups excluding carboxylic acids is 1. The van der Waals surface area contributed by atoms with E-state index in [-0.39, 0.29) is 5.56 Å². The van der Waals surface area contributed by atoms with Crippen molar-refractivity contribution in [1.29, 1.82) is 0 Å². The molecule has 3 rings (SSSR count). The molecule has 3 aromatic rings. The molecule has 0 aliphatic heterocycles. The molecule has 0 fully saturated rings. The van der Waals surface area contributed by atoms with Gasteiger partial charge in [0, 0.05) is 16.7 Å². The first-order valence-corrected chi connectivity index (χ1v) is 8.94. The molecule has 0 saturated heterocycles. The van der Waals surface area contributed by atoms with E-state index in [9.17, 15) is 18.0 Å². The summed E-state index contributed by atoms with van der Waals surface area (Å²) in [7, 11) is 0. The standard InChI is InChI=1S/C23H19F3N2O/c1-15-8-13-20(16(2)14-15)21(17-6-4-3-5-7-17)27-28-22(29)18-9-11-19(12-10-18)23(24,25)26/h3-14H,1-2H3,(H,28,29)/b27-21+. The van der Waals surface area contributed by atoms with Gasteiger partial charge in [-0.15, -0.1) is 0 Å². The monoisotopic (exact) mass is 396 g/mol. The van der Waals surface area contributed by atoms with Gasteiger partial charge in [0.2, 0.25) is 0 Å². The number of nitrogens with zero attached hydrogens (tertiary/aromatic N) is 1. The number of hydrogen-bond donors (Lipinski definition) is 1. The number of amides is 1. The molecule has 3 nitrogen and oxygen atoms in total. The van der Waals surface area contributed by atoms with Gasteiger partial charge in [-0.1, -0.05) is 54.1 Å². The van der Waals surface area contributed by atoms with Crippen LogP contribution in [-0.4, -0.2) is 11.6 Å². The summed E-state index contributed by atoms with van der Waals surface area (Å²) in [6.07, 6.45) is -4.45. The van der Waals surface area contributed by atoms with Crippen LogP contribution in [0.5, 0.6) is 0 Å². The van der Waals surface area contributed by atoms with E-state index >= 15 is 0 Å². The van der Waals surface area contributed by atoms with Crippen molar-refractivity contribution in [2.45, 2.75) is 20.0 Å². The Morgan fingerprint density at radius 3 is 2.10 bits per heavy atom. The van der Waals surface area contributed by atoms with Gasteiger partial charge in [0.1, 0.15) is 0 Å². The van der Waals surface area contributed by atoms with Gasteiger partial charge in [-0.05, 0) is 43.7 Å². The highest BCUT2D eigenvalue weighted by molar-refractivity contribution is 6.14. The summed E-state index contributed by atoms with van der Waals surface area (Å²) in [5.74, 6) is -0.586. The molecule has 0 heterocycles. The highest BCUT2D eigenvalue weighted by atomic mass is 19.4. The van der Waals surface area contributed by atoms with Crippen molar-refractivity contribution in [3.63, 3.8) is 0 Å². The zero-order chi connectivity index (χ0) is 21.0. The molecule has 3 aromatic carbocycles. The van der Waals surface area contributed by atoms with E-state index in [0.29, 0.717) is 5.71 Å². The quantitative estimate of drug-likeness (QED) is 0.459. The second-order valence-corrected chi connectivity index (χ2v) is 6.66. The lowest BCUT2D eigenvalue weighted by atomic mass is 9.97. The molecule has 6 heteroatoms. The van der Waals surface area contributed by atoms with Crippen LogP contribution in [0.3, 0.4) is 0 Å². The number of aryl methyl sites for hydroxylation is 2. The molecule has 0 aromatic heterocycles. The third-order valence-corrected chi connectivity index (χ3v) is 4.43. The summed E-state index contributed by atoms with van der Waals surface area (Å²) in [5.41, 5.74) is 6.09. The lowest BCUT2D eigenvalue weighted by Gasteiger charge is -2.12. The second-order valence-electron chi connectivity index (χ2n) is 6.66. The molecule has 1 N–H and O–H groups in total. The number of carbonyl (C=O) groups is 1. The van der Waals surface area contributed by atoms with Crippen LogP contribution in [0, 0.1) is 13.8 Å². The van der Waals surface area contributed by atoms with Crippen LogP contribution in [0.2, 0.25) is 0 Å². The predicted octanol–water partition coefficient (Wildman–Crippen LogP) is 5.50. The Hall–Kier alpha value is -3.41. The number of hydrazone groups is 1. The lowest BCUT2D eigenvalue weighted by Crippen LogP contribution is -2.21. The third-order valence-electron chi connectivity index (χ3n) is 4.43. The molecule has 0 unspecified atom stereocenters. The van der Waals surface area contributed by atoms with E-state index in [0.717, 1.165) is 46.5 Å². The minimum Gasteiger partial charge on any atom is -0.267 e. The van der Waals surface area contributed by atoms with Crippen molar-refractivity contribution in [1.82, 2.24) is 5.43 Å². The number of alkyl halides is 3. The van der Waals surface area contributed by atoms with Crippen molar-refractivity contribution in [3.8, 4) is 0 Å². The molecular weight excluding hydrogens is 377 g/mol. The maximum Gasteiger partial charge on any atom is 0.416 e. The fraction of sp³-hybridized carbons (Fsp3) is 0.130. The number of benzene rings is 3. The van der Waals surface area contributed by atoms with E-state index in [1.54, 1.807) is 0 Å². The summed E-state index contributed by atoms with van der Waals surface area (Å²) >= 11 is 0. The Kier molecular flexibility index (Phi) is 5.82. The van der Waals surface area contributed by atoms with Crippen molar-refractivity contribution >= 4 is 11.6 Å². The number of rotatable bonds is 4. The summed E-state index contributed by atoms with van der Waals surface area (Å²) in [6.45, 7) is 3.95. The topological polar surface area (TPSA) is 41.5 Å². The zero-order valence-corrected chi connectivity index (χ0v) is 15.9. The van der Waals surface area contributed by atoms with Crippen LogP contribution >= 0.6 is 0 Å². The average Bonchev–Trinajstić information content (AvgIpc) is 2.69. The maximum atomic E-state index is 12.7. The second kappa shape index (κ2) is 8.31. The molecule has 1 amide bonds. The number of hydrogen-bond acceptors (Lipinski definition) is 2. The molecule has 29 heavy (non-hydrogen) atoms. The number of nitrogens with one attached hydrogen (secondary N) is 1. The third kappa shape index (κ3) is 4.90. The number of halogens is 3. The summed E-state index contributed by atoms with van der Waals surface area (Å²) in [5, 5.41) is 4.30. The van der Waals surface area contributed by atoms with Crippen LogP contribution in [0.4, 0.5) is 13.2 Å². The van der Waals surface area contributed by atoms with Gasteiger partial charge >= 0.3 is 6.18 Å². The van der Waals surface area contributed by atoms with Crippen LogP contribution in [0.25, 0.3) is 0 Å². The minimum absolute atomic E-state index is 0.0924. The Morgan fingerprint density at radius 1 is 0.862 bits per heavy atom.